The lowest BCUT2D eigenvalue weighted by Crippen LogP contribution is -2.20. The van der Waals surface area contributed by atoms with Crippen LogP contribution < -0.4 is 0 Å². The zero-order chi connectivity index (χ0) is 13.4. The second kappa shape index (κ2) is 5.29. The molecule has 2 atom stereocenters. The first-order valence-corrected chi connectivity index (χ1v) is 8.31. The summed E-state index contributed by atoms with van der Waals surface area (Å²) in [4.78, 5) is 3.13. The Kier molecular flexibility index (Phi) is 3.67. The van der Waals surface area contributed by atoms with Crippen LogP contribution in [-0.2, 0) is 0 Å². The number of hydrogen-bond donors (Lipinski definition) is 1. The molecule has 1 aliphatic carbocycles. The van der Waals surface area contributed by atoms with Crippen molar-refractivity contribution in [2.75, 3.05) is 6.26 Å². The third kappa shape index (κ3) is 2.46. The molecule has 2 nitrogen and oxygen atoms in total. The molecule has 102 valence electrons. The van der Waals surface area contributed by atoms with Crippen molar-refractivity contribution in [1.29, 1.82) is 0 Å². The molecule has 0 amide bonds. The van der Waals surface area contributed by atoms with Crippen molar-refractivity contribution in [2.45, 2.75) is 37.0 Å². The van der Waals surface area contributed by atoms with Crippen LogP contribution in [0.4, 0.5) is 4.39 Å². The van der Waals surface area contributed by atoms with Crippen molar-refractivity contribution in [1.82, 2.24) is 9.55 Å². The zero-order valence-electron chi connectivity index (χ0n) is 10.9. The quantitative estimate of drug-likeness (QED) is 0.812. The van der Waals surface area contributed by atoms with Gasteiger partial charge in [-0.25, -0.2) is 4.39 Å². The van der Waals surface area contributed by atoms with Gasteiger partial charge in [0.05, 0.1) is 11.0 Å². The summed E-state index contributed by atoms with van der Waals surface area (Å²) in [5, 5.41) is 0.714. The minimum atomic E-state index is -0.221. The molecule has 3 rings (SSSR count). The van der Waals surface area contributed by atoms with Crippen LogP contribution in [0.1, 0.15) is 31.7 Å². The number of thioether (sulfide) groups is 1. The van der Waals surface area contributed by atoms with Crippen LogP contribution in [0.25, 0.3) is 11.0 Å². The van der Waals surface area contributed by atoms with Gasteiger partial charge in [0.25, 0.3) is 0 Å². The number of nitrogens with one attached hydrogen (secondary N) is 1. The average Bonchev–Trinajstić information content (AvgIpc) is 2.73. The summed E-state index contributed by atoms with van der Waals surface area (Å²) in [5.41, 5.74) is 1.83. The van der Waals surface area contributed by atoms with Gasteiger partial charge in [0, 0.05) is 11.3 Å². The summed E-state index contributed by atoms with van der Waals surface area (Å²) >= 11 is 7.37. The highest BCUT2D eigenvalue weighted by molar-refractivity contribution is 7.99. The lowest BCUT2D eigenvalue weighted by Gasteiger charge is -2.29. The molecule has 0 spiro atoms. The summed E-state index contributed by atoms with van der Waals surface area (Å²) in [7, 11) is 0. The number of nitrogens with zero attached hydrogens (tertiary/aromatic N) is 1. The molecule has 1 saturated carbocycles. The lowest BCUT2D eigenvalue weighted by molar-refractivity contribution is 0.365. The third-order valence-electron chi connectivity index (χ3n) is 3.98. The van der Waals surface area contributed by atoms with Gasteiger partial charge in [-0.1, -0.05) is 6.42 Å². The van der Waals surface area contributed by atoms with Crippen LogP contribution in [0.5, 0.6) is 0 Å². The number of hydrogen-bond acceptors (Lipinski definition) is 2. The largest absolute Gasteiger partial charge is 0.330 e. The van der Waals surface area contributed by atoms with E-state index in [1.165, 1.54) is 25.0 Å². The molecule has 1 heterocycles. The fourth-order valence-corrected chi connectivity index (χ4v) is 4.21. The average molecular weight is 296 g/mol. The van der Waals surface area contributed by atoms with Gasteiger partial charge in [-0.3, -0.25) is 0 Å². The summed E-state index contributed by atoms with van der Waals surface area (Å²) in [6.45, 7) is 0. The molecule has 1 fully saturated rings. The van der Waals surface area contributed by atoms with E-state index in [9.17, 15) is 4.39 Å². The number of rotatable bonds is 2. The second-order valence-corrected chi connectivity index (χ2v) is 6.66. The van der Waals surface area contributed by atoms with Crippen LogP contribution in [-0.4, -0.2) is 21.1 Å². The van der Waals surface area contributed by atoms with E-state index in [2.05, 4.69) is 15.8 Å². The van der Waals surface area contributed by atoms with Gasteiger partial charge in [0.1, 0.15) is 5.82 Å². The molecule has 0 radical (unpaired) electrons. The van der Waals surface area contributed by atoms with Crippen LogP contribution in [0.15, 0.2) is 18.2 Å². The fraction of sp³-hybridized carbons (Fsp3) is 0.500. The van der Waals surface area contributed by atoms with E-state index in [-0.39, 0.29) is 5.82 Å². The van der Waals surface area contributed by atoms with Crippen LogP contribution in [0.2, 0.25) is 0 Å². The van der Waals surface area contributed by atoms with Gasteiger partial charge in [-0.05, 0) is 55.9 Å². The number of aromatic amines is 1. The van der Waals surface area contributed by atoms with Crippen molar-refractivity contribution < 1.29 is 4.39 Å². The highest BCUT2D eigenvalue weighted by Gasteiger charge is 2.24. The Morgan fingerprint density at radius 2 is 2.26 bits per heavy atom. The van der Waals surface area contributed by atoms with E-state index in [1.54, 1.807) is 0 Å². The van der Waals surface area contributed by atoms with Crippen molar-refractivity contribution in [3.05, 3.63) is 28.8 Å². The summed E-state index contributed by atoms with van der Waals surface area (Å²) in [6.07, 6.45) is 7.03. The summed E-state index contributed by atoms with van der Waals surface area (Å²) < 4.78 is 16.2. The normalized spacial score (nSPS) is 23.9. The molecular weight excluding hydrogens is 279 g/mol. The number of aromatic nitrogens is 2. The van der Waals surface area contributed by atoms with Gasteiger partial charge in [0.2, 0.25) is 0 Å². The van der Waals surface area contributed by atoms with E-state index in [0.717, 1.165) is 23.9 Å². The standard InChI is InChI=1S/C14H17FN2S2/c1-19-11-4-2-3-10(8-11)17-13-6-5-9(15)7-12(13)16-14(17)18/h5-7,10-11H,2-4,8H2,1H3,(H,16,18). The van der Waals surface area contributed by atoms with Crippen molar-refractivity contribution >= 4 is 35.0 Å². The monoisotopic (exact) mass is 296 g/mol. The van der Waals surface area contributed by atoms with E-state index in [4.69, 9.17) is 12.2 Å². The minimum absolute atomic E-state index is 0.221. The van der Waals surface area contributed by atoms with Gasteiger partial charge in [-0.15, -0.1) is 0 Å². The van der Waals surface area contributed by atoms with E-state index in [0.29, 0.717) is 16.1 Å². The molecule has 1 aromatic heterocycles. The predicted molar refractivity (Wildman–Crippen MR) is 81.9 cm³/mol. The third-order valence-corrected chi connectivity index (χ3v) is 5.37. The Morgan fingerprint density at radius 1 is 1.42 bits per heavy atom. The summed E-state index contributed by atoms with van der Waals surface area (Å²) in [6, 6.07) is 5.31. The number of imidazole rings is 1. The van der Waals surface area contributed by atoms with Gasteiger partial charge < -0.3 is 9.55 Å². The topological polar surface area (TPSA) is 20.7 Å². The van der Waals surface area contributed by atoms with Crippen LogP contribution in [0.3, 0.4) is 0 Å². The smallest absolute Gasteiger partial charge is 0.178 e. The highest BCUT2D eigenvalue weighted by Crippen LogP contribution is 2.36. The van der Waals surface area contributed by atoms with E-state index in [1.807, 2.05) is 17.8 Å². The van der Waals surface area contributed by atoms with Gasteiger partial charge >= 0.3 is 0 Å². The molecule has 19 heavy (non-hydrogen) atoms. The Morgan fingerprint density at radius 3 is 3.05 bits per heavy atom. The Bertz CT molecular complexity index is 646. The maximum absolute atomic E-state index is 13.3. The maximum Gasteiger partial charge on any atom is 0.178 e. The second-order valence-electron chi connectivity index (χ2n) is 5.14. The molecule has 0 saturated heterocycles. The van der Waals surface area contributed by atoms with Crippen molar-refractivity contribution in [2.24, 2.45) is 0 Å². The zero-order valence-corrected chi connectivity index (χ0v) is 12.5. The summed E-state index contributed by atoms with van der Waals surface area (Å²) in [5.74, 6) is -0.221. The van der Waals surface area contributed by atoms with Crippen molar-refractivity contribution in [3.8, 4) is 0 Å². The van der Waals surface area contributed by atoms with Gasteiger partial charge in [0.15, 0.2) is 4.77 Å². The molecule has 5 heteroatoms. The number of benzene rings is 1. The van der Waals surface area contributed by atoms with Crippen LogP contribution >= 0.6 is 24.0 Å². The molecule has 2 unspecified atom stereocenters. The molecule has 1 aliphatic rings. The van der Waals surface area contributed by atoms with E-state index < -0.39 is 0 Å². The molecule has 2 aromatic rings. The maximum atomic E-state index is 13.3. The number of fused-ring (bicyclic) bond motifs is 1. The first kappa shape index (κ1) is 13.2. The predicted octanol–water partition coefficient (Wildman–Crippen LogP) is 4.68. The Labute approximate surface area is 121 Å². The molecule has 0 aliphatic heterocycles. The molecule has 1 aromatic carbocycles. The van der Waals surface area contributed by atoms with Crippen molar-refractivity contribution in [3.63, 3.8) is 0 Å². The first-order chi connectivity index (χ1) is 9.19. The molecular formula is C14H17FN2S2. The van der Waals surface area contributed by atoms with Gasteiger partial charge in [-0.2, -0.15) is 11.8 Å². The first-order valence-electron chi connectivity index (χ1n) is 6.61. The number of H-pyrrole nitrogens is 1. The SMILES string of the molecule is CSC1CCCC(n2c(=S)[nH]c3cc(F)ccc32)C1. The minimum Gasteiger partial charge on any atom is -0.330 e. The fourth-order valence-electron chi connectivity index (χ4n) is 3.03. The number of halogens is 1. The van der Waals surface area contributed by atoms with Crippen LogP contribution in [0, 0.1) is 10.6 Å². The van der Waals surface area contributed by atoms with E-state index >= 15 is 0 Å². The highest BCUT2D eigenvalue weighted by atomic mass is 32.2. The Balaban J connectivity index is 2.04. The lowest BCUT2D eigenvalue weighted by atomic mass is 9.94. The molecule has 0 bridgehead atoms. The molecule has 1 N–H and O–H groups in total. The Hall–Kier alpha value is -0.810.